The van der Waals surface area contributed by atoms with Gasteiger partial charge < -0.3 is 9.32 Å². The van der Waals surface area contributed by atoms with Gasteiger partial charge in [0.05, 0.1) is 0 Å². The van der Waals surface area contributed by atoms with Crippen molar-refractivity contribution in [1.82, 2.24) is 9.88 Å². The van der Waals surface area contributed by atoms with Crippen molar-refractivity contribution in [2.24, 2.45) is 4.40 Å². The Kier molecular flexibility index (Phi) is 3.34. The van der Waals surface area contributed by atoms with Gasteiger partial charge in [-0.1, -0.05) is 0 Å². The van der Waals surface area contributed by atoms with Gasteiger partial charge in [0, 0.05) is 37.8 Å². The van der Waals surface area contributed by atoms with Gasteiger partial charge in [0.1, 0.15) is 17.6 Å². The maximum absolute atomic E-state index is 11.9. The van der Waals surface area contributed by atoms with Crippen LogP contribution in [-0.4, -0.2) is 45.0 Å². The van der Waals surface area contributed by atoms with Crippen molar-refractivity contribution < 1.29 is 17.6 Å². The summed E-state index contributed by atoms with van der Waals surface area (Å²) >= 11 is 0. The van der Waals surface area contributed by atoms with Gasteiger partial charge in [-0.25, -0.2) is 0 Å². The Hall–Kier alpha value is -2.22. The zero-order valence-electron chi connectivity index (χ0n) is 10.3. The summed E-state index contributed by atoms with van der Waals surface area (Å²) in [5.41, 5.74) is 0.443. The molecule has 19 heavy (non-hydrogen) atoms. The Labute approximate surface area is 109 Å². The first kappa shape index (κ1) is 13.2. The molecule has 7 nitrogen and oxygen atoms in total. The third-order valence-corrected chi connectivity index (χ3v) is 3.27. The van der Waals surface area contributed by atoms with Crippen molar-refractivity contribution in [3.05, 3.63) is 24.0 Å². The van der Waals surface area contributed by atoms with Gasteiger partial charge in [-0.05, 0) is 0 Å². The Bertz CT molecular complexity index is 746. The summed E-state index contributed by atoms with van der Waals surface area (Å²) in [6, 6.07) is 2.69. The molecule has 0 radical (unpaired) electrons. The fourth-order valence-corrected chi connectivity index (χ4v) is 2.21. The molecule has 2 aromatic rings. The second-order valence-electron chi connectivity index (χ2n) is 3.99. The van der Waals surface area contributed by atoms with Crippen LogP contribution in [-0.2, 0) is 10.0 Å². The molecule has 0 aromatic carbocycles. The largest absolute Gasteiger partial charge is 0.443 e. The third-order valence-electron chi connectivity index (χ3n) is 2.19. The summed E-state index contributed by atoms with van der Waals surface area (Å²) in [7, 11) is -0.590. The maximum Gasteiger partial charge on any atom is 0.317 e. The smallest absolute Gasteiger partial charge is 0.317 e. The highest BCUT2D eigenvalue weighted by Crippen LogP contribution is 2.23. The van der Waals surface area contributed by atoms with Crippen LogP contribution in [0.15, 0.2) is 32.2 Å². The summed E-state index contributed by atoms with van der Waals surface area (Å²) in [6.07, 6.45) is 3.09. The Morgan fingerprint density at radius 3 is 2.74 bits per heavy atom. The standard InChI is InChI=1S/C11H11N3O4S/c1-14(2)7-13-19(16,17)11-3-8-5-12-9(6-15)4-10(8)18-11/h3-7H,1-2H3. The first-order chi connectivity index (χ1) is 8.92. The molecule has 0 unspecified atom stereocenters. The van der Waals surface area contributed by atoms with E-state index < -0.39 is 10.0 Å². The van der Waals surface area contributed by atoms with E-state index in [-0.39, 0.29) is 16.4 Å². The second kappa shape index (κ2) is 4.81. The molecule has 0 aliphatic heterocycles. The minimum atomic E-state index is -3.89. The van der Waals surface area contributed by atoms with E-state index in [0.29, 0.717) is 11.7 Å². The van der Waals surface area contributed by atoms with Crippen LogP contribution in [0.5, 0.6) is 0 Å². The molecule has 0 saturated carbocycles. The van der Waals surface area contributed by atoms with Gasteiger partial charge in [0.25, 0.3) is 0 Å². The summed E-state index contributed by atoms with van der Waals surface area (Å²) in [5, 5.41) is 0.203. The van der Waals surface area contributed by atoms with E-state index in [2.05, 4.69) is 9.38 Å². The quantitative estimate of drug-likeness (QED) is 0.470. The van der Waals surface area contributed by atoms with E-state index in [9.17, 15) is 13.2 Å². The van der Waals surface area contributed by atoms with Crippen LogP contribution in [0.3, 0.4) is 0 Å². The lowest BCUT2D eigenvalue weighted by Gasteiger charge is -2.01. The average Bonchev–Trinajstić information content (AvgIpc) is 2.80. The van der Waals surface area contributed by atoms with Crippen molar-refractivity contribution >= 4 is 33.6 Å². The number of pyridine rings is 1. The van der Waals surface area contributed by atoms with Crippen LogP contribution >= 0.6 is 0 Å². The van der Waals surface area contributed by atoms with Crippen molar-refractivity contribution in [1.29, 1.82) is 0 Å². The molecule has 0 amide bonds. The molecule has 0 spiro atoms. The number of nitrogens with zero attached hydrogens (tertiary/aromatic N) is 3. The zero-order valence-corrected chi connectivity index (χ0v) is 11.1. The van der Waals surface area contributed by atoms with Gasteiger partial charge in [-0.15, -0.1) is 4.40 Å². The van der Waals surface area contributed by atoms with Crippen LogP contribution in [0, 0.1) is 0 Å². The number of furan rings is 1. The third kappa shape index (κ3) is 2.79. The molecule has 0 N–H and O–H groups in total. The van der Waals surface area contributed by atoms with E-state index >= 15 is 0 Å². The highest BCUT2D eigenvalue weighted by atomic mass is 32.2. The highest BCUT2D eigenvalue weighted by molar-refractivity contribution is 7.90. The SMILES string of the molecule is CN(C)C=NS(=O)(=O)c1cc2cnc(C=O)cc2o1. The molecule has 2 aromatic heterocycles. The van der Waals surface area contributed by atoms with Crippen LogP contribution in [0.4, 0.5) is 0 Å². The van der Waals surface area contributed by atoms with E-state index in [1.165, 1.54) is 23.2 Å². The highest BCUT2D eigenvalue weighted by Gasteiger charge is 2.18. The first-order valence-electron chi connectivity index (χ1n) is 5.24. The van der Waals surface area contributed by atoms with Crippen molar-refractivity contribution in [2.75, 3.05) is 14.1 Å². The number of carbonyl (C=O) groups is 1. The van der Waals surface area contributed by atoms with Crippen molar-refractivity contribution in [2.45, 2.75) is 5.09 Å². The Morgan fingerprint density at radius 1 is 1.37 bits per heavy atom. The minimum absolute atomic E-state index is 0.169. The molecule has 2 rings (SSSR count). The summed E-state index contributed by atoms with van der Waals surface area (Å²) in [4.78, 5) is 15.9. The molecule has 8 heteroatoms. The van der Waals surface area contributed by atoms with Gasteiger partial charge in [0.15, 0.2) is 6.29 Å². The number of carbonyl (C=O) groups excluding carboxylic acids is 1. The minimum Gasteiger partial charge on any atom is -0.443 e. The van der Waals surface area contributed by atoms with E-state index in [1.807, 2.05) is 0 Å². The predicted octanol–water partition coefficient (Wildman–Crippen LogP) is 0.919. The number of fused-ring (bicyclic) bond motifs is 1. The van der Waals surface area contributed by atoms with Crippen LogP contribution < -0.4 is 0 Å². The molecular formula is C11H11N3O4S. The van der Waals surface area contributed by atoms with E-state index in [1.54, 1.807) is 14.1 Å². The number of hydrogen-bond donors (Lipinski definition) is 0. The zero-order chi connectivity index (χ0) is 14.0. The van der Waals surface area contributed by atoms with Crippen LogP contribution in [0.1, 0.15) is 10.5 Å². The van der Waals surface area contributed by atoms with Crippen LogP contribution in [0.25, 0.3) is 11.0 Å². The lowest BCUT2D eigenvalue weighted by Crippen LogP contribution is -2.09. The van der Waals surface area contributed by atoms with Gasteiger partial charge in [0.2, 0.25) is 5.09 Å². The molecule has 0 bridgehead atoms. The molecule has 100 valence electrons. The maximum atomic E-state index is 11.9. The molecule has 0 aliphatic rings. The summed E-state index contributed by atoms with van der Waals surface area (Å²) < 4.78 is 32.3. The van der Waals surface area contributed by atoms with Gasteiger partial charge in [-0.2, -0.15) is 8.42 Å². The Balaban J connectivity index is 2.49. The fraction of sp³-hybridized carbons (Fsp3) is 0.182. The molecular weight excluding hydrogens is 270 g/mol. The fourth-order valence-electron chi connectivity index (χ4n) is 1.32. The molecule has 0 aliphatic carbocycles. The molecule has 0 atom stereocenters. The summed E-state index contributed by atoms with van der Waals surface area (Å²) in [5.74, 6) is 0. The number of rotatable bonds is 4. The van der Waals surface area contributed by atoms with E-state index in [4.69, 9.17) is 4.42 Å². The monoisotopic (exact) mass is 281 g/mol. The predicted molar refractivity (Wildman–Crippen MR) is 68.8 cm³/mol. The molecule has 2 heterocycles. The first-order valence-corrected chi connectivity index (χ1v) is 6.68. The van der Waals surface area contributed by atoms with Crippen molar-refractivity contribution in [3.63, 3.8) is 0 Å². The van der Waals surface area contributed by atoms with Gasteiger partial charge in [-0.3, -0.25) is 9.78 Å². The molecule has 0 fully saturated rings. The normalized spacial score (nSPS) is 12.1. The topological polar surface area (TPSA) is 92.8 Å². The Morgan fingerprint density at radius 2 is 2.11 bits per heavy atom. The van der Waals surface area contributed by atoms with Crippen LogP contribution in [0.2, 0.25) is 0 Å². The number of hydrogen-bond acceptors (Lipinski definition) is 5. The van der Waals surface area contributed by atoms with Gasteiger partial charge >= 0.3 is 10.0 Å². The average molecular weight is 281 g/mol. The number of aldehydes is 1. The lowest BCUT2D eigenvalue weighted by atomic mass is 10.3. The van der Waals surface area contributed by atoms with E-state index in [0.717, 1.165) is 6.34 Å². The number of sulfonamides is 1. The lowest BCUT2D eigenvalue weighted by molar-refractivity contribution is 0.111. The molecule has 0 saturated heterocycles. The second-order valence-corrected chi connectivity index (χ2v) is 5.55. The van der Waals surface area contributed by atoms with Crippen molar-refractivity contribution in [3.8, 4) is 0 Å². The number of aromatic nitrogens is 1. The summed E-state index contributed by atoms with van der Waals surface area (Å²) in [6.45, 7) is 0.